The number of hydrogen-bond donors (Lipinski definition) is 1. The van der Waals surface area contributed by atoms with Crippen molar-refractivity contribution in [3.63, 3.8) is 0 Å². The topological polar surface area (TPSA) is 59.9 Å². The van der Waals surface area contributed by atoms with Gasteiger partial charge >= 0.3 is 0 Å². The van der Waals surface area contributed by atoms with Gasteiger partial charge in [0.05, 0.1) is 12.3 Å². The van der Waals surface area contributed by atoms with Crippen molar-refractivity contribution in [1.29, 1.82) is 0 Å². The van der Waals surface area contributed by atoms with Crippen LogP contribution in [0.4, 0.5) is 5.82 Å². The molecule has 118 valence electrons. The third-order valence-electron chi connectivity index (χ3n) is 3.34. The maximum atomic E-state index is 5.21. The fourth-order valence-corrected chi connectivity index (χ4v) is 2.03. The zero-order valence-electron chi connectivity index (χ0n) is 14.0. The third-order valence-corrected chi connectivity index (χ3v) is 3.34. The predicted molar refractivity (Wildman–Crippen MR) is 87.7 cm³/mol. The Kier molecular flexibility index (Phi) is 5.08. The van der Waals surface area contributed by atoms with E-state index in [2.05, 4.69) is 48.0 Å². The van der Waals surface area contributed by atoms with Gasteiger partial charge in [0.2, 0.25) is 0 Å². The van der Waals surface area contributed by atoms with E-state index >= 15 is 0 Å². The van der Waals surface area contributed by atoms with Crippen molar-refractivity contribution in [1.82, 2.24) is 15.0 Å². The lowest BCUT2D eigenvalue weighted by molar-refractivity contribution is 0.181. The molecule has 0 saturated heterocycles. The third kappa shape index (κ3) is 4.24. The average molecular weight is 300 g/mol. The molecule has 5 heteroatoms. The zero-order chi connectivity index (χ0) is 16.2. The van der Waals surface area contributed by atoms with E-state index in [1.54, 1.807) is 13.3 Å². The molecule has 1 N–H and O–H groups in total. The molecular weight excluding hydrogens is 276 g/mol. The summed E-state index contributed by atoms with van der Waals surface area (Å²) in [6.45, 7) is 9.57. The Morgan fingerprint density at radius 2 is 2.00 bits per heavy atom. The summed E-state index contributed by atoms with van der Waals surface area (Å²) in [6.07, 6.45) is 3.68. The Hall–Kier alpha value is -2.01. The molecule has 2 aromatic heterocycles. The van der Waals surface area contributed by atoms with Gasteiger partial charge in [-0.3, -0.25) is 4.98 Å². The summed E-state index contributed by atoms with van der Waals surface area (Å²) in [5, 5.41) is 3.38. The van der Waals surface area contributed by atoms with Crippen LogP contribution in [0, 0.1) is 6.92 Å². The van der Waals surface area contributed by atoms with E-state index in [9.17, 15) is 0 Å². The molecule has 0 bridgehead atoms. The van der Waals surface area contributed by atoms with Crippen molar-refractivity contribution in [3.05, 3.63) is 47.2 Å². The first-order chi connectivity index (χ1) is 10.4. The lowest BCUT2D eigenvalue weighted by atomic mass is 9.95. The molecule has 5 nitrogen and oxygen atoms in total. The first-order valence-electron chi connectivity index (χ1n) is 7.41. The molecule has 0 aliphatic carbocycles. The molecule has 0 unspecified atom stereocenters. The van der Waals surface area contributed by atoms with Crippen LogP contribution in [0.5, 0.6) is 0 Å². The molecular formula is C17H24N4O. The monoisotopic (exact) mass is 300 g/mol. The average Bonchev–Trinajstić information content (AvgIpc) is 2.46. The Morgan fingerprint density at radius 1 is 1.23 bits per heavy atom. The standard InChI is InChI=1S/C17H24N4O/c1-12-9-18-7-6-13(12)10-19-15-8-14(11-22-5)20-16(21-15)17(2,3)4/h6-9H,10-11H2,1-5H3,(H,19,20,21). The molecule has 0 radical (unpaired) electrons. The number of rotatable bonds is 5. The summed E-state index contributed by atoms with van der Waals surface area (Å²) >= 11 is 0. The van der Waals surface area contributed by atoms with Crippen LogP contribution < -0.4 is 5.32 Å². The lowest BCUT2D eigenvalue weighted by Crippen LogP contribution is -2.18. The van der Waals surface area contributed by atoms with Crippen molar-refractivity contribution in [2.45, 2.75) is 46.3 Å². The number of pyridine rings is 1. The van der Waals surface area contributed by atoms with Crippen molar-refractivity contribution in [2.24, 2.45) is 0 Å². The van der Waals surface area contributed by atoms with Crippen LogP contribution >= 0.6 is 0 Å². The lowest BCUT2D eigenvalue weighted by Gasteiger charge is -2.19. The van der Waals surface area contributed by atoms with E-state index < -0.39 is 0 Å². The van der Waals surface area contributed by atoms with Gasteiger partial charge in [0.25, 0.3) is 0 Å². The second kappa shape index (κ2) is 6.83. The highest BCUT2D eigenvalue weighted by atomic mass is 16.5. The highest BCUT2D eigenvalue weighted by Crippen LogP contribution is 2.21. The normalized spacial score (nSPS) is 11.5. The van der Waals surface area contributed by atoms with E-state index in [1.165, 1.54) is 5.56 Å². The minimum atomic E-state index is -0.104. The van der Waals surface area contributed by atoms with Crippen LogP contribution in [0.25, 0.3) is 0 Å². The Balaban J connectivity index is 2.22. The van der Waals surface area contributed by atoms with E-state index in [4.69, 9.17) is 4.74 Å². The molecule has 0 spiro atoms. The first-order valence-corrected chi connectivity index (χ1v) is 7.41. The molecule has 2 heterocycles. The summed E-state index contributed by atoms with van der Waals surface area (Å²) in [5.41, 5.74) is 3.15. The van der Waals surface area contributed by atoms with Crippen molar-refractivity contribution < 1.29 is 4.74 Å². The molecule has 0 aromatic carbocycles. The van der Waals surface area contributed by atoms with E-state index in [1.807, 2.05) is 18.3 Å². The molecule has 22 heavy (non-hydrogen) atoms. The van der Waals surface area contributed by atoms with Crippen LogP contribution in [-0.2, 0) is 23.3 Å². The molecule has 2 aromatic rings. The number of nitrogens with zero attached hydrogens (tertiary/aromatic N) is 3. The molecule has 0 saturated carbocycles. The largest absolute Gasteiger partial charge is 0.378 e. The van der Waals surface area contributed by atoms with Crippen molar-refractivity contribution in [2.75, 3.05) is 12.4 Å². The molecule has 2 rings (SSSR count). The van der Waals surface area contributed by atoms with Gasteiger partial charge in [0.15, 0.2) is 0 Å². The first kappa shape index (κ1) is 16.4. The number of aryl methyl sites for hydroxylation is 1. The highest BCUT2D eigenvalue weighted by Gasteiger charge is 2.19. The van der Waals surface area contributed by atoms with Gasteiger partial charge in [-0.15, -0.1) is 0 Å². The van der Waals surface area contributed by atoms with Crippen LogP contribution in [0.3, 0.4) is 0 Å². The van der Waals surface area contributed by atoms with Crippen LogP contribution in [0.15, 0.2) is 24.5 Å². The second-order valence-corrected chi connectivity index (χ2v) is 6.41. The molecule has 0 atom stereocenters. The fraction of sp³-hybridized carbons (Fsp3) is 0.471. The second-order valence-electron chi connectivity index (χ2n) is 6.41. The number of hydrogen-bond acceptors (Lipinski definition) is 5. The zero-order valence-corrected chi connectivity index (χ0v) is 14.0. The van der Waals surface area contributed by atoms with Crippen LogP contribution in [0.1, 0.15) is 43.4 Å². The van der Waals surface area contributed by atoms with Crippen molar-refractivity contribution in [3.8, 4) is 0 Å². The van der Waals surface area contributed by atoms with Gasteiger partial charge in [0, 0.05) is 37.5 Å². The van der Waals surface area contributed by atoms with Gasteiger partial charge in [0.1, 0.15) is 11.6 Å². The molecule has 0 aliphatic heterocycles. The minimum absolute atomic E-state index is 0.104. The molecule has 0 aliphatic rings. The number of aromatic nitrogens is 3. The summed E-state index contributed by atoms with van der Waals surface area (Å²) in [5.74, 6) is 1.64. The number of nitrogens with one attached hydrogen (secondary N) is 1. The molecule has 0 fully saturated rings. The van der Waals surface area contributed by atoms with Gasteiger partial charge in [-0.25, -0.2) is 9.97 Å². The van der Waals surface area contributed by atoms with Gasteiger partial charge in [-0.2, -0.15) is 0 Å². The SMILES string of the molecule is COCc1cc(NCc2ccncc2C)nc(C(C)(C)C)n1. The number of methoxy groups -OCH3 is 1. The molecule has 0 amide bonds. The fourth-order valence-electron chi connectivity index (χ4n) is 2.03. The Morgan fingerprint density at radius 3 is 2.64 bits per heavy atom. The van der Waals surface area contributed by atoms with E-state index in [0.717, 1.165) is 22.9 Å². The van der Waals surface area contributed by atoms with Crippen molar-refractivity contribution >= 4 is 5.82 Å². The number of ether oxygens (including phenoxy) is 1. The maximum Gasteiger partial charge on any atom is 0.136 e. The summed E-state index contributed by atoms with van der Waals surface area (Å²) in [6, 6.07) is 3.96. The van der Waals surface area contributed by atoms with Gasteiger partial charge in [-0.1, -0.05) is 20.8 Å². The van der Waals surface area contributed by atoms with Crippen LogP contribution in [-0.4, -0.2) is 22.1 Å². The Bertz CT molecular complexity index is 635. The quantitative estimate of drug-likeness (QED) is 0.918. The summed E-state index contributed by atoms with van der Waals surface area (Å²) < 4.78 is 5.21. The van der Waals surface area contributed by atoms with Gasteiger partial charge in [-0.05, 0) is 24.1 Å². The van der Waals surface area contributed by atoms with Crippen LogP contribution in [0.2, 0.25) is 0 Å². The summed E-state index contributed by atoms with van der Waals surface area (Å²) in [7, 11) is 1.67. The predicted octanol–water partition coefficient (Wildman–Crippen LogP) is 3.24. The van der Waals surface area contributed by atoms with E-state index in [-0.39, 0.29) is 5.41 Å². The van der Waals surface area contributed by atoms with E-state index in [0.29, 0.717) is 13.2 Å². The number of anilines is 1. The maximum absolute atomic E-state index is 5.21. The Labute approximate surface area is 132 Å². The minimum Gasteiger partial charge on any atom is -0.378 e. The summed E-state index contributed by atoms with van der Waals surface area (Å²) in [4.78, 5) is 13.3. The smallest absolute Gasteiger partial charge is 0.136 e. The highest BCUT2D eigenvalue weighted by molar-refractivity contribution is 5.38. The van der Waals surface area contributed by atoms with Gasteiger partial charge < -0.3 is 10.1 Å².